The molecular formula is C15H20ClNO2. The molecule has 0 radical (unpaired) electrons. The van der Waals surface area contributed by atoms with E-state index < -0.39 is 5.97 Å². The van der Waals surface area contributed by atoms with Crippen molar-refractivity contribution in [3.05, 3.63) is 34.9 Å². The highest BCUT2D eigenvalue weighted by atomic mass is 35.5. The van der Waals surface area contributed by atoms with Gasteiger partial charge in [-0.1, -0.05) is 30.7 Å². The normalized spacial score (nSPS) is 24.3. The zero-order chi connectivity index (χ0) is 13.8. The second-order valence-electron chi connectivity index (χ2n) is 5.51. The smallest absolute Gasteiger partial charge is 0.307 e. The fourth-order valence-electron chi connectivity index (χ4n) is 2.76. The van der Waals surface area contributed by atoms with E-state index in [4.69, 9.17) is 16.7 Å². The monoisotopic (exact) mass is 281 g/mol. The van der Waals surface area contributed by atoms with Gasteiger partial charge in [0.1, 0.15) is 0 Å². The number of piperidine rings is 1. The van der Waals surface area contributed by atoms with Crippen LogP contribution in [0.2, 0.25) is 5.02 Å². The van der Waals surface area contributed by atoms with Gasteiger partial charge in [-0.3, -0.25) is 4.79 Å². The van der Waals surface area contributed by atoms with Gasteiger partial charge in [-0.2, -0.15) is 0 Å². The number of nitrogens with zero attached hydrogens (tertiary/aromatic N) is 1. The van der Waals surface area contributed by atoms with E-state index in [-0.39, 0.29) is 5.92 Å². The van der Waals surface area contributed by atoms with Crippen LogP contribution in [0.15, 0.2) is 24.3 Å². The molecule has 1 saturated heterocycles. The van der Waals surface area contributed by atoms with Crippen molar-refractivity contribution in [3.63, 3.8) is 0 Å². The van der Waals surface area contributed by atoms with E-state index in [9.17, 15) is 4.79 Å². The van der Waals surface area contributed by atoms with E-state index in [1.165, 1.54) is 5.56 Å². The third kappa shape index (κ3) is 4.22. The van der Waals surface area contributed by atoms with Gasteiger partial charge < -0.3 is 10.0 Å². The Morgan fingerprint density at radius 3 is 2.68 bits per heavy atom. The maximum atomic E-state index is 11.1. The van der Waals surface area contributed by atoms with Crippen LogP contribution >= 0.6 is 11.6 Å². The van der Waals surface area contributed by atoms with Gasteiger partial charge in [-0.25, -0.2) is 0 Å². The predicted octanol–water partition coefficient (Wildman–Crippen LogP) is 2.93. The first kappa shape index (κ1) is 14.4. The molecule has 0 saturated carbocycles. The molecule has 2 rings (SSSR count). The minimum atomic E-state index is -0.664. The number of hydrogen-bond donors (Lipinski definition) is 1. The van der Waals surface area contributed by atoms with Gasteiger partial charge in [0.15, 0.2) is 0 Å². The number of rotatable bonds is 4. The number of benzene rings is 1. The average Bonchev–Trinajstić information content (AvgIpc) is 2.37. The minimum absolute atomic E-state index is 0.214. The van der Waals surface area contributed by atoms with Crippen molar-refractivity contribution in [3.8, 4) is 0 Å². The molecule has 1 aliphatic rings. The van der Waals surface area contributed by atoms with Gasteiger partial charge in [-0.05, 0) is 36.5 Å². The number of carboxylic acids is 1. The number of carboxylic acid groups (broad SMARTS) is 1. The topological polar surface area (TPSA) is 40.5 Å². The Kier molecular flexibility index (Phi) is 4.83. The molecule has 0 bridgehead atoms. The summed E-state index contributed by atoms with van der Waals surface area (Å²) in [7, 11) is 0. The highest BCUT2D eigenvalue weighted by molar-refractivity contribution is 6.30. The Hall–Kier alpha value is -1.06. The van der Waals surface area contributed by atoms with Crippen molar-refractivity contribution in [1.29, 1.82) is 0 Å². The van der Waals surface area contributed by atoms with Gasteiger partial charge in [-0.15, -0.1) is 0 Å². The molecule has 104 valence electrons. The molecule has 1 aromatic carbocycles. The summed E-state index contributed by atoms with van der Waals surface area (Å²) in [5.41, 5.74) is 1.24. The van der Waals surface area contributed by atoms with Crippen molar-refractivity contribution in [1.82, 2.24) is 4.90 Å². The third-order valence-corrected chi connectivity index (χ3v) is 3.97. The molecule has 2 unspecified atom stereocenters. The first-order valence-electron chi connectivity index (χ1n) is 6.74. The minimum Gasteiger partial charge on any atom is -0.481 e. The zero-order valence-corrected chi connectivity index (χ0v) is 11.9. The van der Waals surface area contributed by atoms with E-state index >= 15 is 0 Å². The van der Waals surface area contributed by atoms with Crippen molar-refractivity contribution >= 4 is 17.6 Å². The lowest BCUT2D eigenvalue weighted by Gasteiger charge is -2.34. The fraction of sp³-hybridized carbons (Fsp3) is 0.533. The van der Waals surface area contributed by atoms with Gasteiger partial charge in [0.25, 0.3) is 0 Å². The average molecular weight is 282 g/mol. The highest BCUT2D eigenvalue weighted by Gasteiger charge is 2.28. The van der Waals surface area contributed by atoms with Gasteiger partial charge >= 0.3 is 5.97 Å². The number of carbonyl (C=O) groups is 1. The number of halogens is 1. The van der Waals surface area contributed by atoms with Crippen LogP contribution in [-0.2, 0) is 11.2 Å². The molecule has 3 nitrogen and oxygen atoms in total. The summed E-state index contributed by atoms with van der Waals surface area (Å²) < 4.78 is 0. The maximum absolute atomic E-state index is 11.1. The van der Waals surface area contributed by atoms with Crippen LogP contribution in [-0.4, -0.2) is 35.6 Å². The van der Waals surface area contributed by atoms with Crippen molar-refractivity contribution in [2.24, 2.45) is 11.8 Å². The molecule has 1 aliphatic heterocycles. The van der Waals surface area contributed by atoms with E-state index in [0.29, 0.717) is 12.5 Å². The molecule has 1 heterocycles. The molecular weight excluding hydrogens is 262 g/mol. The van der Waals surface area contributed by atoms with E-state index in [0.717, 1.165) is 31.0 Å². The Bertz CT molecular complexity index is 432. The molecule has 0 aromatic heterocycles. The van der Waals surface area contributed by atoms with Crippen LogP contribution in [0.4, 0.5) is 0 Å². The Morgan fingerprint density at radius 2 is 2.05 bits per heavy atom. The molecule has 0 aliphatic carbocycles. The summed E-state index contributed by atoms with van der Waals surface area (Å²) in [5.74, 6) is -0.419. The molecule has 1 fully saturated rings. The van der Waals surface area contributed by atoms with E-state index in [2.05, 4.69) is 11.8 Å². The summed E-state index contributed by atoms with van der Waals surface area (Å²) in [6, 6.07) is 7.86. The van der Waals surface area contributed by atoms with Gasteiger partial charge in [0.05, 0.1) is 5.92 Å². The first-order chi connectivity index (χ1) is 9.04. The molecule has 19 heavy (non-hydrogen) atoms. The highest BCUT2D eigenvalue weighted by Crippen LogP contribution is 2.22. The maximum Gasteiger partial charge on any atom is 0.307 e. The lowest BCUT2D eigenvalue weighted by Crippen LogP contribution is -2.43. The van der Waals surface area contributed by atoms with Crippen LogP contribution in [0.3, 0.4) is 0 Å². The molecule has 0 spiro atoms. The van der Waals surface area contributed by atoms with Crippen LogP contribution in [0.1, 0.15) is 18.9 Å². The molecule has 1 N–H and O–H groups in total. The van der Waals surface area contributed by atoms with E-state index in [1.54, 1.807) is 0 Å². The lowest BCUT2D eigenvalue weighted by molar-refractivity contribution is -0.144. The summed E-state index contributed by atoms with van der Waals surface area (Å²) in [6.45, 7) is 4.71. The van der Waals surface area contributed by atoms with Gasteiger partial charge in [0.2, 0.25) is 0 Å². The fourth-order valence-corrected chi connectivity index (χ4v) is 2.89. The van der Waals surface area contributed by atoms with Crippen LogP contribution in [0.5, 0.6) is 0 Å². The Morgan fingerprint density at radius 1 is 1.37 bits per heavy atom. The number of likely N-dealkylation sites (tertiary alicyclic amines) is 1. The van der Waals surface area contributed by atoms with E-state index in [1.807, 2.05) is 24.3 Å². The zero-order valence-electron chi connectivity index (χ0n) is 11.2. The SMILES string of the molecule is CC1CC(C(=O)O)CN(CCc2ccc(Cl)cc2)C1. The van der Waals surface area contributed by atoms with Gasteiger partial charge in [0, 0.05) is 24.7 Å². The predicted molar refractivity (Wildman–Crippen MR) is 76.5 cm³/mol. The molecule has 2 atom stereocenters. The summed E-state index contributed by atoms with van der Waals surface area (Å²) in [6.07, 6.45) is 1.74. The lowest BCUT2D eigenvalue weighted by atomic mass is 9.90. The summed E-state index contributed by atoms with van der Waals surface area (Å²) in [4.78, 5) is 13.4. The molecule has 0 amide bonds. The third-order valence-electron chi connectivity index (χ3n) is 3.71. The second kappa shape index (κ2) is 6.40. The Balaban J connectivity index is 1.88. The first-order valence-corrected chi connectivity index (χ1v) is 7.12. The largest absolute Gasteiger partial charge is 0.481 e. The number of hydrogen-bond acceptors (Lipinski definition) is 2. The van der Waals surface area contributed by atoms with Crippen LogP contribution < -0.4 is 0 Å². The van der Waals surface area contributed by atoms with Crippen molar-refractivity contribution in [2.45, 2.75) is 19.8 Å². The molecule has 1 aromatic rings. The number of aliphatic carboxylic acids is 1. The molecule has 4 heteroatoms. The second-order valence-corrected chi connectivity index (χ2v) is 5.95. The van der Waals surface area contributed by atoms with Crippen LogP contribution in [0.25, 0.3) is 0 Å². The quantitative estimate of drug-likeness (QED) is 0.922. The van der Waals surface area contributed by atoms with Crippen molar-refractivity contribution < 1.29 is 9.90 Å². The summed E-state index contributed by atoms with van der Waals surface area (Å²) >= 11 is 5.86. The van der Waals surface area contributed by atoms with Crippen molar-refractivity contribution in [2.75, 3.05) is 19.6 Å². The standard InChI is InChI=1S/C15H20ClNO2/c1-11-8-13(15(18)19)10-17(9-11)7-6-12-2-4-14(16)5-3-12/h2-5,11,13H,6-10H2,1H3,(H,18,19). The Labute approximate surface area is 119 Å². The van der Waals surface area contributed by atoms with Crippen LogP contribution in [0, 0.1) is 11.8 Å². The summed E-state index contributed by atoms with van der Waals surface area (Å²) in [5, 5.41) is 9.90.